The third-order valence-electron chi connectivity index (χ3n) is 3.42. The topological polar surface area (TPSA) is 125 Å². The van der Waals surface area contributed by atoms with Crippen molar-refractivity contribution in [3.8, 4) is 0 Å². The number of unbranched alkanes of at least 4 members (excludes halogenated alkanes) is 1. The lowest BCUT2D eigenvalue weighted by Crippen LogP contribution is -2.40. The quantitative estimate of drug-likeness (QED) is 0.368. The molecule has 0 saturated carbocycles. The number of aliphatic carboxylic acids is 1. The van der Waals surface area contributed by atoms with Crippen molar-refractivity contribution < 1.29 is 24.3 Å². The number of carbonyl (C=O) groups is 4. The lowest BCUT2D eigenvalue weighted by Gasteiger charge is -2.13. The normalized spacial score (nSPS) is 13.0. The average Bonchev–Trinajstić information content (AvgIpc) is 2.46. The summed E-state index contributed by atoms with van der Waals surface area (Å²) in [4.78, 5) is 44.6. The van der Waals surface area contributed by atoms with Crippen molar-refractivity contribution in [1.82, 2.24) is 16.0 Å². The van der Waals surface area contributed by atoms with Gasteiger partial charge in [0.15, 0.2) is 0 Å². The molecule has 0 rings (SSSR count). The second kappa shape index (κ2) is 11.6. The number of hydrogen-bond acceptors (Lipinski definition) is 5. The highest BCUT2D eigenvalue weighted by atomic mass is 16.4. The number of likely N-dealkylation sites (N-methyl/N-ethyl adjacent to an activating group) is 1. The molecule has 23 heavy (non-hydrogen) atoms. The molecular weight excluding hydrogens is 302 g/mol. The summed E-state index contributed by atoms with van der Waals surface area (Å²) in [5, 5.41) is 16.8. The van der Waals surface area contributed by atoms with Crippen LogP contribution in [0, 0.1) is 0 Å². The van der Waals surface area contributed by atoms with Gasteiger partial charge in [0.1, 0.15) is 11.8 Å². The van der Waals surface area contributed by atoms with Gasteiger partial charge in [-0.3, -0.25) is 14.4 Å². The number of rotatable bonds is 12. The molecule has 0 aromatic carbocycles. The maximum atomic E-state index is 11.6. The lowest BCUT2D eigenvalue weighted by atomic mass is 10.1. The Morgan fingerprint density at radius 3 is 2.13 bits per heavy atom. The molecule has 2 unspecified atom stereocenters. The van der Waals surface area contributed by atoms with Gasteiger partial charge in [0, 0.05) is 19.9 Å². The van der Waals surface area contributed by atoms with Crippen LogP contribution < -0.4 is 16.0 Å². The van der Waals surface area contributed by atoms with E-state index < -0.39 is 17.9 Å². The van der Waals surface area contributed by atoms with Crippen LogP contribution in [0.1, 0.15) is 46.0 Å². The van der Waals surface area contributed by atoms with Crippen LogP contribution in [0.2, 0.25) is 0 Å². The van der Waals surface area contributed by atoms with Crippen LogP contribution in [0.4, 0.5) is 0 Å². The van der Waals surface area contributed by atoms with Crippen LogP contribution in [-0.2, 0) is 19.2 Å². The minimum absolute atomic E-state index is 0.0316. The summed E-state index contributed by atoms with van der Waals surface area (Å²) in [7, 11) is 1.74. The summed E-state index contributed by atoms with van der Waals surface area (Å²) >= 11 is 0. The Bertz CT molecular complexity index is 425. The lowest BCUT2D eigenvalue weighted by molar-refractivity contribution is -0.141. The summed E-state index contributed by atoms with van der Waals surface area (Å²) in [6, 6.07) is -1.20. The van der Waals surface area contributed by atoms with Gasteiger partial charge in [-0.25, -0.2) is 4.79 Å². The van der Waals surface area contributed by atoms with E-state index in [1.807, 2.05) is 0 Å². The van der Waals surface area contributed by atoms with Crippen molar-refractivity contribution in [2.24, 2.45) is 0 Å². The van der Waals surface area contributed by atoms with E-state index in [1.54, 1.807) is 7.05 Å². The van der Waals surface area contributed by atoms with Gasteiger partial charge in [-0.1, -0.05) is 0 Å². The van der Waals surface area contributed by atoms with E-state index >= 15 is 0 Å². The van der Waals surface area contributed by atoms with Crippen LogP contribution in [-0.4, -0.2) is 54.3 Å². The SMILES string of the molecule is CNC(CCCCNC(=O)CCC(NC(C)=O)C(=O)O)C(C)=O. The third-order valence-corrected chi connectivity index (χ3v) is 3.42. The standard InChI is InChI=1S/C15H27N3O5/c1-10(19)12(16-3)6-4-5-9-17-14(21)8-7-13(15(22)23)18-11(2)20/h12-13,16H,4-9H2,1-3H3,(H,17,21)(H,18,20)(H,22,23). The highest BCUT2D eigenvalue weighted by molar-refractivity contribution is 5.83. The van der Waals surface area contributed by atoms with Crippen LogP contribution >= 0.6 is 0 Å². The minimum atomic E-state index is -1.16. The number of nitrogens with one attached hydrogen (secondary N) is 3. The highest BCUT2D eigenvalue weighted by Crippen LogP contribution is 2.02. The summed E-state index contributed by atoms with van der Waals surface area (Å²) in [5.74, 6) is -1.76. The maximum absolute atomic E-state index is 11.6. The molecule has 0 heterocycles. The van der Waals surface area contributed by atoms with E-state index in [1.165, 1.54) is 13.8 Å². The molecule has 2 atom stereocenters. The zero-order valence-electron chi connectivity index (χ0n) is 14.0. The van der Waals surface area contributed by atoms with Gasteiger partial charge in [0.25, 0.3) is 0 Å². The number of ketones is 1. The van der Waals surface area contributed by atoms with Crippen LogP contribution in [0.3, 0.4) is 0 Å². The minimum Gasteiger partial charge on any atom is -0.480 e. The van der Waals surface area contributed by atoms with Crippen LogP contribution in [0.15, 0.2) is 0 Å². The van der Waals surface area contributed by atoms with Crippen molar-refractivity contribution in [2.75, 3.05) is 13.6 Å². The number of carboxylic acid groups (broad SMARTS) is 1. The predicted octanol–water partition coefficient (Wildman–Crippen LogP) is -0.181. The zero-order valence-corrected chi connectivity index (χ0v) is 14.0. The molecule has 0 aromatic heterocycles. The molecule has 0 aliphatic heterocycles. The smallest absolute Gasteiger partial charge is 0.326 e. The van der Waals surface area contributed by atoms with E-state index in [4.69, 9.17) is 5.11 Å². The molecule has 0 spiro atoms. The highest BCUT2D eigenvalue weighted by Gasteiger charge is 2.19. The molecule has 132 valence electrons. The van der Waals surface area contributed by atoms with Gasteiger partial charge in [0.05, 0.1) is 6.04 Å². The van der Waals surface area contributed by atoms with Crippen LogP contribution in [0.25, 0.3) is 0 Å². The molecule has 0 aliphatic carbocycles. The first-order valence-corrected chi connectivity index (χ1v) is 7.72. The summed E-state index contributed by atoms with van der Waals surface area (Å²) in [5.41, 5.74) is 0. The Hall–Kier alpha value is -1.96. The summed E-state index contributed by atoms with van der Waals surface area (Å²) in [6.07, 6.45) is 2.34. The number of hydrogen-bond donors (Lipinski definition) is 4. The van der Waals surface area contributed by atoms with Crippen molar-refractivity contribution in [3.63, 3.8) is 0 Å². The molecule has 0 aliphatic rings. The molecule has 8 heteroatoms. The predicted molar refractivity (Wildman–Crippen MR) is 84.9 cm³/mol. The maximum Gasteiger partial charge on any atom is 0.326 e. The zero-order chi connectivity index (χ0) is 17.8. The summed E-state index contributed by atoms with van der Waals surface area (Å²) < 4.78 is 0. The first-order chi connectivity index (χ1) is 10.8. The van der Waals surface area contributed by atoms with Gasteiger partial charge in [-0.15, -0.1) is 0 Å². The Kier molecular flexibility index (Phi) is 10.6. The molecule has 2 amide bonds. The monoisotopic (exact) mass is 329 g/mol. The molecule has 4 N–H and O–H groups in total. The van der Waals surface area contributed by atoms with Crippen LogP contribution in [0.5, 0.6) is 0 Å². The second-order valence-corrected chi connectivity index (χ2v) is 5.43. The number of carbonyl (C=O) groups excluding carboxylic acids is 3. The van der Waals surface area contributed by atoms with Gasteiger partial charge < -0.3 is 21.1 Å². The first-order valence-electron chi connectivity index (χ1n) is 7.72. The van der Waals surface area contributed by atoms with Gasteiger partial charge in [0.2, 0.25) is 11.8 Å². The van der Waals surface area contributed by atoms with Crippen molar-refractivity contribution in [3.05, 3.63) is 0 Å². The molecular formula is C15H27N3O5. The molecule has 0 bridgehead atoms. The van der Waals surface area contributed by atoms with Crippen molar-refractivity contribution in [2.45, 2.75) is 58.0 Å². The van der Waals surface area contributed by atoms with E-state index in [2.05, 4.69) is 16.0 Å². The Labute approximate surface area is 136 Å². The van der Waals surface area contributed by atoms with Gasteiger partial charge in [-0.05, 0) is 39.7 Å². The number of amides is 2. The van der Waals surface area contributed by atoms with Crippen molar-refractivity contribution >= 4 is 23.6 Å². The van der Waals surface area contributed by atoms with Crippen molar-refractivity contribution in [1.29, 1.82) is 0 Å². The van der Waals surface area contributed by atoms with Gasteiger partial charge >= 0.3 is 5.97 Å². The molecule has 0 saturated heterocycles. The number of carboxylic acids is 1. The Morgan fingerprint density at radius 2 is 1.65 bits per heavy atom. The molecule has 8 nitrogen and oxygen atoms in total. The molecule has 0 fully saturated rings. The second-order valence-electron chi connectivity index (χ2n) is 5.43. The molecule has 0 aromatic rings. The molecule has 0 radical (unpaired) electrons. The van der Waals surface area contributed by atoms with E-state index in [9.17, 15) is 19.2 Å². The first kappa shape index (κ1) is 21.0. The van der Waals surface area contributed by atoms with E-state index in [0.29, 0.717) is 13.0 Å². The summed E-state index contributed by atoms with van der Waals surface area (Å²) in [6.45, 7) is 3.25. The largest absolute Gasteiger partial charge is 0.480 e. The fourth-order valence-corrected chi connectivity index (χ4v) is 2.12. The fourth-order valence-electron chi connectivity index (χ4n) is 2.12. The Balaban J connectivity index is 3.88. The third kappa shape index (κ3) is 10.4. The number of Topliss-reactive ketones (excluding diaryl/α,β-unsaturated/α-hetero) is 1. The van der Waals surface area contributed by atoms with E-state index in [0.717, 1.165) is 12.8 Å². The Morgan fingerprint density at radius 1 is 1.00 bits per heavy atom. The van der Waals surface area contributed by atoms with E-state index in [-0.39, 0.29) is 30.6 Å². The fraction of sp³-hybridized carbons (Fsp3) is 0.733. The van der Waals surface area contributed by atoms with Gasteiger partial charge in [-0.2, -0.15) is 0 Å². The average molecular weight is 329 g/mol.